The van der Waals surface area contributed by atoms with E-state index in [1.54, 1.807) is 6.08 Å². The summed E-state index contributed by atoms with van der Waals surface area (Å²) in [6.07, 6.45) is 50.3. The average molecular weight is 756 g/mol. The van der Waals surface area contributed by atoms with Gasteiger partial charge in [-0.15, -0.1) is 0 Å². The van der Waals surface area contributed by atoms with E-state index in [4.69, 9.17) is 4.74 Å². The normalized spacial score (nSPS) is 13.9. The van der Waals surface area contributed by atoms with Gasteiger partial charge in [-0.05, 0) is 51.0 Å². The molecule has 6 nitrogen and oxygen atoms in total. The molecular weight excluding hydrogens is 671 g/mol. The Bertz CT molecular complexity index is 984. The lowest BCUT2D eigenvalue weighted by atomic mass is 10.0. The van der Waals surface area contributed by atoms with Gasteiger partial charge in [-0.1, -0.05) is 204 Å². The van der Waals surface area contributed by atoms with Crippen molar-refractivity contribution in [1.29, 1.82) is 0 Å². The molecule has 0 bridgehead atoms. The molecule has 0 saturated carbocycles. The summed E-state index contributed by atoms with van der Waals surface area (Å²) in [5, 5.41) is 23.6. The number of carbonyl (C=O) groups is 2. The number of hydrogen-bond acceptors (Lipinski definition) is 5. The lowest BCUT2D eigenvalue weighted by Gasteiger charge is -2.23. The minimum absolute atomic E-state index is 0.0456. The number of rotatable bonds is 39. The molecule has 0 fully saturated rings. The van der Waals surface area contributed by atoms with Crippen LogP contribution in [0.15, 0.2) is 60.8 Å². The molecule has 312 valence electrons. The molecule has 0 saturated heterocycles. The first kappa shape index (κ1) is 51.6. The second-order valence-electron chi connectivity index (χ2n) is 15.1. The van der Waals surface area contributed by atoms with Crippen LogP contribution in [0.2, 0.25) is 0 Å². The highest BCUT2D eigenvalue weighted by molar-refractivity contribution is 5.78. The van der Waals surface area contributed by atoms with Crippen LogP contribution in [0.4, 0.5) is 0 Å². The lowest BCUT2D eigenvalue weighted by Crippen LogP contribution is -2.46. The first-order valence-electron chi connectivity index (χ1n) is 22.5. The number of nitrogens with one attached hydrogen (secondary N) is 1. The van der Waals surface area contributed by atoms with Crippen molar-refractivity contribution in [3.63, 3.8) is 0 Å². The van der Waals surface area contributed by atoms with E-state index < -0.39 is 18.2 Å². The molecule has 0 spiro atoms. The summed E-state index contributed by atoms with van der Waals surface area (Å²) in [4.78, 5) is 25.8. The van der Waals surface area contributed by atoms with Gasteiger partial charge < -0.3 is 20.3 Å². The summed E-state index contributed by atoms with van der Waals surface area (Å²) < 4.78 is 5.77. The number of ether oxygens (including phenoxy) is 1. The van der Waals surface area contributed by atoms with E-state index in [9.17, 15) is 19.8 Å². The Morgan fingerprint density at radius 3 is 1.41 bits per heavy atom. The Labute approximate surface area is 333 Å². The molecule has 0 aromatic heterocycles. The van der Waals surface area contributed by atoms with Gasteiger partial charge in [-0.2, -0.15) is 0 Å². The Morgan fingerprint density at radius 1 is 0.556 bits per heavy atom. The lowest BCUT2D eigenvalue weighted by molar-refractivity contribution is -0.148. The summed E-state index contributed by atoms with van der Waals surface area (Å²) in [5.41, 5.74) is 0. The Hall–Kier alpha value is -2.44. The fourth-order valence-corrected chi connectivity index (χ4v) is 6.45. The zero-order chi connectivity index (χ0) is 39.6. The van der Waals surface area contributed by atoms with Gasteiger partial charge in [0.15, 0.2) is 0 Å². The summed E-state index contributed by atoms with van der Waals surface area (Å²) in [6, 6.07) is -0.739. The minimum atomic E-state index is -0.816. The number of hydrogen-bond donors (Lipinski definition) is 3. The fraction of sp³-hybridized carbons (Fsp3) is 0.750. The van der Waals surface area contributed by atoms with E-state index in [1.165, 1.54) is 96.3 Å². The van der Waals surface area contributed by atoms with Crippen molar-refractivity contribution in [2.24, 2.45) is 0 Å². The largest absolute Gasteiger partial charge is 0.458 e. The molecule has 0 radical (unpaired) electrons. The highest BCUT2D eigenvalue weighted by atomic mass is 16.5. The molecule has 3 N–H and O–H groups in total. The summed E-state index contributed by atoms with van der Waals surface area (Å²) in [5.74, 6) is -0.633. The van der Waals surface area contributed by atoms with Gasteiger partial charge in [0.05, 0.1) is 25.2 Å². The molecular formula is C48H85NO5. The van der Waals surface area contributed by atoms with E-state index in [-0.39, 0.29) is 24.9 Å². The average Bonchev–Trinajstić information content (AvgIpc) is 3.16. The van der Waals surface area contributed by atoms with Gasteiger partial charge in [0, 0.05) is 6.42 Å². The number of allylic oxidation sites excluding steroid dienone is 9. The first-order chi connectivity index (χ1) is 26.5. The summed E-state index contributed by atoms with van der Waals surface area (Å²) in [7, 11) is 0. The van der Waals surface area contributed by atoms with Crippen LogP contribution in [0.25, 0.3) is 0 Å². The van der Waals surface area contributed by atoms with Crippen molar-refractivity contribution in [3.8, 4) is 0 Å². The van der Waals surface area contributed by atoms with Crippen LogP contribution in [0.3, 0.4) is 0 Å². The van der Waals surface area contributed by atoms with Crippen molar-refractivity contribution in [2.45, 2.75) is 225 Å². The van der Waals surface area contributed by atoms with Crippen LogP contribution in [0.1, 0.15) is 207 Å². The summed E-state index contributed by atoms with van der Waals surface area (Å²) >= 11 is 0. The van der Waals surface area contributed by atoms with Crippen LogP contribution >= 0.6 is 0 Å². The van der Waals surface area contributed by atoms with E-state index in [2.05, 4.69) is 74.7 Å². The maximum Gasteiger partial charge on any atom is 0.306 e. The minimum Gasteiger partial charge on any atom is -0.458 e. The van der Waals surface area contributed by atoms with Gasteiger partial charge in [-0.25, -0.2) is 0 Å². The Morgan fingerprint density at radius 2 is 0.963 bits per heavy atom. The predicted molar refractivity (Wildman–Crippen MR) is 232 cm³/mol. The molecule has 6 heteroatoms. The van der Waals surface area contributed by atoms with Gasteiger partial charge in [-0.3, -0.25) is 9.59 Å². The van der Waals surface area contributed by atoms with Crippen molar-refractivity contribution >= 4 is 11.9 Å². The zero-order valence-corrected chi connectivity index (χ0v) is 35.3. The van der Waals surface area contributed by atoms with Crippen molar-refractivity contribution in [1.82, 2.24) is 5.32 Å². The number of esters is 1. The van der Waals surface area contributed by atoms with Crippen LogP contribution < -0.4 is 5.32 Å². The van der Waals surface area contributed by atoms with Crippen LogP contribution in [0, 0.1) is 0 Å². The first-order valence-corrected chi connectivity index (χ1v) is 22.5. The van der Waals surface area contributed by atoms with Gasteiger partial charge in [0.25, 0.3) is 0 Å². The molecule has 54 heavy (non-hydrogen) atoms. The van der Waals surface area contributed by atoms with Crippen molar-refractivity contribution in [2.75, 3.05) is 6.61 Å². The summed E-state index contributed by atoms with van der Waals surface area (Å²) in [6.45, 7) is 6.29. The molecule has 0 aliphatic rings. The van der Waals surface area contributed by atoms with Crippen LogP contribution in [-0.4, -0.2) is 46.9 Å². The monoisotopic (exact) mass is 756 g/mol. The van der Waals surface area contributed by atoms with E-state index in [1.807, 2.05) is 6.08 Å². The third-order valence-electron chi connectivity index (χ3n) is 9.86. The number of aliphatic hydroxyl groups is 2. The third-order valence-corrected chi connectivity index (χ3v) is 9.86. The third kappa shape index (κ3) is 36.5. The van der Waals surface area contributed by atoms with Gasteiger partial charge >= 0.3 is 5.97 Å². The predicted octanol–water partition coefficient (Wildman–Crippen LogP) is 12.9. The fourth-order valence-electron chi connectivity index (χ4n) is 6.45. The molecule has 1 amide bonds. The second kappa shape index (κ2) is 41.7. The maximum absolute atomic E-state index is 13.1. The molecule has 0 aromatic rings. The zero-order valence-electron chi connectivity index (χ0n) is 35.3. The molecule has 3 unspecified atom stereocenters. The highest BCUT2D eigenvalue weighted by Gasteiger charge is 2.23. The Kier molecular flexibility index (Phi) is 39.8. The molecule has 0 aromatic carbocycles. The standard InChI is InChI=1S/C48H85NO5/c1-4-7-10-13-16-19-21-23-24-25-28-30-33-36-39-44(54-48(53)41-38-35-32-27-18-15-12-9-6-3)42-47(52)49-45(43-50)46(51)40-37-34-31-29-26-22-20-17-14-11-8-5-2/h7,10,16,19,23-24,28,30,36,39,44-46,50-51H,4-6,8-9,11-15,17-18,20-22,25-27,29,31-35,37-38,40-43H2,1-3H3,(H,49,52)/b10-7+,19-16+,24-23+,30-28+,39-36+. The van der Waals surface area contributed by atoms with E-state index in [0.29, 0.717) is 19.3 Å². The molecule has 0 aliphatic heterocycles. The topological polar surface area (TPSA) is 95.9 Å². The molecule has 3 atom stereocenters. The number of aliphatic hydroxyl groups excluding tert-OH is 2. The number of carbonyl (C=O) groups excluding carboxylic acids is 2. The Balaban J connectivity index is 4.76. The van der Waals surface area contributed by atoms with E-state index in [0.717, 1.165) is 64.2 Å². The number of unbranched alkanes of at least 4 members (excludes halogenated alkanes) is 19. The maximum atomic E-state index is 13.1. The SMILES string of the molecule is CC/C=C/C/C=C/C/C=C/C/C=C/C/C=C/C(CC(=O)NC(CO)C(O)CCCCCCCCCCCCCC)OC(=O)CCCCCCCCCCC. The quantitative estimate of drug-likeness (QED) is 0.0330. The van der Waals surface area contributed by atoms with Gasteiger partial charge in [0.1, 0.15) is 6.10 Å². The van der Waals surface area contributed by atoms with Crippen LogP contribution in [-0.2, 0) is 14.3 Å². The van der Waals surface area contributed by atoms with Crippen molar-refractivity contribution < 1.29 is 24.5 Å². The molecule has 0 rings (SSSR count). The highest BCUT2D eigenvalue weighted by Crippen LogP contribution is 2.15. The smallest absolute Gasteiger partial charge is 0.306 e. The van der Waals surface area contributed by atoms with Gasteiger partial charge in [0.2, 0.25) is 5.91 Å². The second-order valence-corrected chi connectivity index (χ2v) is 15.1. The van der Waals surface area contributed by atoms with Crippen molar-refractivity contribution in [3.05, 3.63) is 60.8 Å². The molecule has 0 heterocycles. The van der Waals surface area contributed by atoms with E-state index >= 15 is 0 Å². The van der Waals surface area contributed by atoms with Crippen LogP contribution in [0.5, 0.6) is 0 Å². The number of amides is 1. The molecule has 0 aliphatic carbocycles.